The molecule has 0 bridgehead atoms. The van der Waals surface area contributed by atoms with Gasteiger partial charge in [0.25, 0.3) is 5.69 Å². The van der Waals surface area contributed by atoms with Crippen LogP contribution in [0.25, 0.3) is 0 Å². The van der Waals surface area contributed by atoms with Crippen LogP contribution in [0.2, 0.25) is 0 Å². The van der Waals surface area contributed by atoms with Crippen LogP contribution in [0.4, 0.5) is 5.69 Å². The first-order chi connectivity index (χ1) is 16.8. The number of benzene rings is 2. The Balaban J connectivity index is 0.000000351. The maximum absolute atomic E-state index is 11.3. The van der Waals surface area contributed by atoms with E-state index in [4.69, 9.17) is 5.26 Å². The molecular formula is C23H24N4O8. The molecule has 0 unspecified atom stereocenters. The predicted molar refractivity (Wildman–Crippen MR) is 122 cm³/mol. The van der Waals surface area contributed by atoms with Crippen molar-refractivity contribution in [3.8, 4) is 6.07 Å². The highest BCUT2D eigenvalue weighted by Gasteiger charge is 2.19. The Morgan fingerprint density at radius 3 is 1.63 bits per heavy atom. The van der Waals surface area contributed by atoms with Gasteiger partial charge in [-0.15, -0.1) is 0 Å². The van der Waals surface area contributed by atoms with Crippen LogP contribution in [-0.2, 0) is 41.5 Å². The lowest BCUT2D eigenvalue weighted by Gasteiger charge is -2.13. The van der Waals surface area contributed by atoms with Crippen LogP contribution in [-0.4, -0.2) is 56.0 Å². The van der Waals surface area contributed by atoms with Gasteiger partial charge < -0.3 is 20.1 Å². The molecular weight excluding hydrogens is 460 g/mol. The molecule has 0 saturated heterocycles. The molecule has 2 N–H and O–H groups in total. The fourth-order valence-corrected chi connectivity index (χ4v) is 2.81. The van der Waals surface area contributed by atoms with Crippen LogP contribution in [0.1, 0.15) is 16.7 Å². The van der Waals surface area contributed by atoms with E-state index in [1.54, 1.807) is 24.3 Å². The number of hydrogen-bond donors (Lipinski definition) is 2. The molecule has 0 radical (unpaired) electrons. The number of carbonyl (C=O) groups is 4. The van der Waals surface area contributed by atoms with Crippen LogP contribution >= 0.6 is 0 Å². The molecule has 12 heteroatoms. The molecule has 12 nitrogen and oxygen atoms in total. The second-order valence-corrected chi connectivity index (χ2v) is 6.86. The molecule has 2 rings (SSSR count). The van der Waals surface area contributed by atoms with E-state index < -0.39 is 28.9 Å². The van der Waals surface area contributed by atoms with E-state index in [9.17, 15) is 29.3 Å². The molecule has 0 aliphatic rings. The standard InChI is InChI=1S/C12H12N2O3.C11H12N2O5/c1-17-12(16)11(14-8-15)6-9-2-4-10(7-13)5-3-9;1-18-11(15)10(12-7-14)6-8-2-4-9(5-3-8)13(16)17/h2-5,8,11H,6H2,1H3,(H,14,15);2-5,7,10H,6H2,1H3,(H,12,14)/t11-;10-/m00/s1. The molecule has 0 aliphatic heterocycles. The first kappa shape index (κ1) is 28.2. The Kier molecular flexibility index (Phi) is 12.2. The third kappa shape index (κ3) is 9.70. The van der Waals surface area contributed by atoms with E-state index in [1.165, 1.54) is 38.5 Å². The minimum atomic E-state index is -0.797. The SMILES string of the molecule is COC(=O)[C@H](Cc1ccc(C#N)cc1)NC=O.COC(=O)[C@H](Cc1ccc([N+](=O)[O-])cc1)NC=O. The minimum absolute atomic E-state index is 0.0308. The maximum atomic E-state index is 11.3. The van der Waals surface area contributed by atoms with Crippen LogP contribution in [0.3, 0.4) is 0 Å². The van der Waals surface area contributed by atoms with Gasteiger partial charge in [-0.1, -0.05) is 24.3 Å². The molecule has 2 amide bonds. The summed E-state index contributed by atoms with van der Waals surface area (Å²) in [7, 11) is 2.48. The number of nitriles is 1. The molecule has 0 aliphatic carbocycles. The highest BCUT2D eigenvalue weighted by atomic mass is 16.6. The van der Waals surface area contributed by atoms with Crippen LogP contribution < -0.4 is 10.6 Å². The molecule has 35 heavy (non-hydrogen) atoms. The molecule has 2 aromatic rings. The molecule has 2 atom stereocenters. The van der Waals surface area contributed by atoms with Crippen LogP contribution in [0, 0.1) is 21.4 Å². The zero-order valence-electron chi connectivity index (χ0n) is 19.0. The summed E-state index contributed by atoms with van der Waals surface area (Å²) in [6.45, 7) is 0. The van der Waals surface area contributed by atoms with Crippen molar-refractivity contribution in [1.82, 2.24) is 10.6 Å². The smallest absolute Gasteiger partial charge is 0.328 e. The summed E-state index contributed by atoms with van der Waals surface area (Å²) in [4.78, 5) is 53.3. The van der Waals surface area contributed by atoms with E-state index in [0.29, 0.717) is 30.4 Å². The fourth-order valence-electron chi connectivity index (χ4n) is 2.81. The molecule has 2 aromatic carbocycles. The van der Waals surface area contributed by atoms with Gasteiger partial charge in [0.1, 0.15) is 12.1 Å². The number of nitro groups is 1. The Labute approximate surface area is 201 Å². The average Bonchev–Trinajstić information content (AvgIpc) is 2.88. The van der Waals surface area contributed by atoms with E-state index >= 15 is 0 Å². The number of methoxy groups -OCH3 is 2. The Morgan fingerprint density at radius 2 is 1.31 bits per heavy atom. The molecule has 0 spiro atoms. The highest BCUT2D eigenvalue weighted by Crippen LogP contribution is 2.13. The number of nitrogens with zero attached hydrogens (tertiary/aromatic N) is 2. The third-order valence-corrected chi connectivity index (χ3v) is 4.62. The molecule has 0 aromatic heterocycles. The lowest BCUT2D eigenvalue weighted by molar-refractivity contribution is -0.384. The Morgan fingerprint density at radius 1 is 0.914 bits per heavy atom. The third-order valence-electron chi connectivity index (χ3n) is 4.62. The van der Waals surface area contributed by atoms with Gasteiger partial charge in [0.05, 0.1) is 30.8 Å². The number of esters is 2. The summed E-state index contributed by atoms with van der Waals surface area (Å²) in [6.07, 6.45) is 1.42. The van der Waals surface area contributed by atoms with E-state index in [1.807, 2.05) is 6.07 Å². The maximum Gasteiger partial charge on any atom is 0.328 e. The van der Waals surface area contributed by atoms with E-state index in [0.717, 1.165) is 5.56 Å². The second kappa shape index (κ2) is 15.1. The monoisotopic (exact) mass is 484 g/mol. The van der Waals surface area contributed by atoms with Crippen molar-refractivity contribution in [2.24, 2.45) is 0 Å². The van der Waals surface area contributed by atoms with Gasteiger partial charge in [0.2, 0.25) is 12.8 Å². The Hall–Kier alpha value is -4.79. The van der Waals surface area contributed by atoms with Crippen molar-refractivity contribution >= 4 is 30.4 Å². The lowest BCUT2D eigenvalue weighted by Crippen LogP contribution is -2.38. The van der Waals surface area contributed by atoms with Gasteiger partial charge in [0, 0.05) is 25.0 Å². The van der Waals surface area contributed by atoms with E-state index in [2.05, 4.69) is 20.1 Å². The summed E-state index contributed by atoms with van der Waals surface area (Å²) >= 11 is 0. The van der Waals surface area contributed by atoms with Crippen molar-refractivity contribution in [3.05, 3.63) is 75.3 Å². The average molecular weight is 484 g/mol. The first-order valence-corrected chi connectivity index (χ1v) is 10.1. The zero-order chi connectivity index (χ0) is 26.2. The minimum Gasteiger partial charge on any atom is -0.467 e. The molecule has 184 valence electrons. The second-order valence-electron chi connectivity index (χ2n) is 6.86. The molecule has 0 saturated carbocycles. The number of nitrogens with one attached hydrogen (secondary N) is 2. The van der Waals surface area contributed by atoms with Gasteiger partial charge in [-0.3, -0.25) is 19.7 Å². The van der Waals surface area contributed by atoms with Gasteiger partial charge in [-0.2, -0.15) is 5.26 Å². The lowest BCUT2D eigenvalue weighted by atomic mass is 10.0. The quantitative estimate of drug-likeness (QED) is 0.202. The van der Waals surface area contributed by atoms with Crippen molar-refractivity contribution < 1.29 is 33.6 Å². The predicted octanol–water partition coefficient (Wildman–Crippen LogP) is 0.813. The summed E-state index contributed by atoms with van der Waals surface area (Å²) in [5.74, 6) is -1.07. The number of amides is 2. The van der Waals surface area contributed by atoms with Crippen molar-refractivity contribution in [2.75, 3.05) is 14.2 Å². The Bertz CT molecular complexity index is 1050. The van der Waals surface area contributed by atoms with Gasteiger partial charge in [-0.25, -0.2) is 9.59 Å². The van der Waals surface area contributed by atoms with Crippen molar-refractivity contribution in [2.45, 2.75) is 24.9 Å². The summed E-state index contributed by atoms with van der Waals surface area (Å²) in [6, 6.07) is 13.0. The molecule has 0 fully saturated rings. The number of non-ortho nitro benzene ring substituents is 1. The van der Waals surface area contributed by atoms with Crippen LogP contribution in [0.5, 0.6) is 0 Å². The number of nitro benzene ring substituents is 1. The topological polar surface area (TPSA) is 178 Å². The molecule has 0 heterocycles. The van der Waals surface area contributed by atoms with Gasteiger partial charge in [-0.05, 0) is 23.3 Å². The number of carbonyl (C=O) groups excluding carboxylic acids is 4. The normalized spacial score (nSPS) is 11.2. The van der Waals surface area contributed by atoms with Gasteiger partial charge >= 0.3 is 11.9 Å². The summed E-state index contributed by atoms with van der Waals surface area (Å²) < 4.78 is 9.10. The van der Waals surface area contributed by atoms with E-state index in [-0.39, 0.29) is 12.1 Å². The largest absolute Gasteiger partial charge is 0.467 e. The highest BCUT2D eigenvalue weighted by molar-refractivity contribution is 5.79. The van der Waals surface area contributed by atoms with Crippen LogP contribution in [0.15, 0.2) is 48.5 Å². The number of hydrogen-bond acceptors (Lipinski definition) is 9. The number of ether oxygens (including phenoxy) is 2. The summed E-state index contributed by atoms with van der Waals surface area (Å²) in [5, 5.41) is 23.8. The summed E-state index contributed by atoms with van der Waals surface area (Å²) in [5.41, 5.74) is 2.04. The first-order valence-electron chi connectivity index (χ1n) is 10.1. The fraction of sp³-hybridized carbons (Fsp3) is 0.261. The zero-order valence-corrected chi connectivity index (χ0v) is 19.0. The van der Waals surface area contributed by atoms with Crippen molar-refractivity contribution in [1.29, 1.82) is 5.26 Å². The van der Waals surface area contributed by atoms with Crippen molar-refractivity contribution in [3.63, 3.8) is 0 Å². The number of rotatable bonds is 11. The van der Waals surface area contributed by atoms with Gasteiger partial charge in [0.15, 0.2) is 0 Å².